The fraction of sp³-hybridized carbons (Fsp3) is 0.818. The molecule has 0 aromatic rings. The summed E-state index contributed by atoms with van der Waals surface area (Å²) in [5.41, 5.74) is -17.7. The first-order valence-electron chi connectivity index (χ1n) is 7.34. The van der Waals surface area contributed by atoms with E-state index in [2.05, 4.69) is 9.47 Å². The third-order valence-electron chi connectivity index (χ3n) is 3.34. The van der Waals surface area contributed by atoms with Gasteiger partial charge in [-0.3, -0.25) is 10.1 Å². The molecule has 0 aliphatic heterocycles. The third-order valence-corrected chi connectivity index (χ3v) is 7.87. The smallest absolute Gasteiger partial charge is 0.460 e. The lowest BCUT2D eigenvalue weighted by Crippen LogP contribution is -2.60. The molecule has 0 atom stereocenters. The number of carbonyl (C=O) groups is 2. The first-order chi connectivity index (χ1) is 13.2. The van der Waals surface area contributed by atoms with Gasteiger partial charge < -0.3 is 9.47 Å². The molecule has 0 spiro atoms. The Balaban J connectivity index is 7.20. The summed E-state index contributed by atoms with van der Waals surface area (Å²) in [6.07, 6.45) is -2.92. The van der Waals surface area contributed by atoms with Gasteiger partial charge in [0.05, 0.1) is 24.6 Å². The van der Waals surface area contributed by atoms with Gasteiger partial charge in [0.2, 0.25) is 0 Å². The SMILES string of the molecule is CCOC(=O)C(CC(S(=O)(=O)C(F)(F)F)S(=O)(=O)C(F)(F)F)(C(=O)OCC)[N+](=O)[O-]. The summed E-state index contributed by atoms with van der Waals surface area (Å²) >= 11 is 0. The summed E-state index contributed by atoms with van der Waals surface area (Å²) in [6, 6.07) is 0. The van der Waals surface area contributed by atoms with Crippen molar-refractivity contribution in [1.82, 2.24) is 0 Å². The Morgan fingerprint density at radius 3 is 1.37 bits per heavy atom. The molecule has 0 aliphatic rings. The predicted octanol–water partition coefficient (Wildman–Crippen LogP) is 0.714. The minimum atomic E-state index is -7.37. The van der Waals surface area contributed by atoms with E-state index < -0.39 is 77.3 Å². The second-order valence-electron chi connectivity index (χ2n) is 5.17. The summed E-state index contributed by atoms with van der Waals surface area (Å²) in [6.45, 7) is 0.307. The largest absolute Gasteiger partial charge is 0.498 e. The zero-order valence-corrected chi connectivity index (χ0v) is 16.4. The maximum Gasteiger partial charge on any atom is 0.498 e. The van der Waals surface area contributed by atoms with Crippen molar-refractivity contribution in [2.75, 3.05) is 13.2 Å². The Hall–Kier alpha value is -2.18. The van der Waals surface area contributed by atoms with Crippen molar-refractivity contribution in [3.63, 3.8) is 0 Å². The zero-order chi connectivity index (χ0) is 24.3. The molecule has 0 rings (SSSR count). The second kappa shape index (κ2) is 8.90. The van der Waals surface area contributed by atoms with Crippen LogP contribution in [0.25, 0.3) is 0 Å². The van der Waals surface area contributed by atoms with Gasteiger partial charge in [-0.25, -0.2) is 26.4 Å². The highest BCUT2D eigenvalue weighted by molar-refractivity contribution is 8.09. The molecule has 0 fully saturated rings. The number of halogens is 6. The van der Waals surface area contributed by atoms with Crippen LogP contribution in [0, 0.1) is 10.1 Å². The van der Waals surface area contributed by atoms with Gasteiger partial charge in [-0.15, -0.1) is 0 Å². The molecule has 0 radical (unpaired) electrons. The Morgan fingerprint density at radius 2 is 1.17 bits per heavy atom. The molecule has 0 unspecified atom stereocenters. The number of sulfone groups is 2. The van der Waals surface area contributed by atoms with E-state index in [9.17, 15) is 62.9 Å². The van der Waals surface area contributed by atoms with Gasteiger partial charge in [0, 0.05) is 0 Å². The van der Waals surface area contributed by atoms with Gasteiger partial charge in [0.15, 0.2) is 4.58 Å². The Kier molecular flexibility index (Phi) is 8.25. The normalized spacial score (nSPS) is 13.8. The molecule has 0 saturated heterocycles. The van der Waals surface area contributed by atoms with Crippen LogP contribution in [-0.2, 0) is 38.7 Å². The van der Waals surface area contributed by atoms with Crippen LogP contribution in [0.1, 0.15) is 20.3 Å². The highest BCUT2D eigenvalue weighted by Gasteiger charge is 2.71. The average molecular weight is 497 g/mol. The van der Waals surface area contributed by atoms with E-state index in [0.717, 1.165) is 13.8 Å². The van der Waals surface area contributed by atoms with Crippen molar-refractivity contribution in [3.05, 3.63) is 10.1 Å². The van der Waals surface area contributed by atoms with Gasteiger partial charge in [0.1, 0.15) is 0 Å². The van der Waals surface area contributed by atoms with Gasteiger partial charge in [-0.05, 0) is 13.8 Å². The zero-order valence-electron chi connectivity index (χ0n) is 14.8. The van der Waals surface area contributed by atoms with Crippen LogP contribution in [0.4, 0.5) is 26.3 Å². The number of hydrogen-bond donors (Lipinski definition) is 0. The van der Waals surface area contributed by atoms with E-state index in [1.165, 1.54) is 0 Å². The highest BCUT2D eigenvalue weighted by Crippen LogP contribution is 2.40. The number of carbonyl (C=O) groups excluding carboxylic acids is 2. The molecule has 0 aromatic heterocycles. The monoisotopic (exact) mass is 497 g/mol. The van der Waals surface area contributed by atoms with E-state index >= 15 is 0 Å². The molecule has 11 nitrogen and oxygen atoms in total. The molecule has 0 aliphatic carbocycles. The van der Waals surface area contributed by atoms with E-state index in [1.54, 1.807) is 0 Å². The highest BCUT2D eigenvalue weighted by atomic mass is 32.3. The lowest BCUT2D eigenvalue weighted by Gasteiger charge is -2.26. The van der Waals surface area contributed by atoms with Crippen LogP contribution in [0.2, 0.25) is 0 Å². The number of nitrogens with zero attached hydrogens (tertiary/aromatic N) is 1. The average Bonchev–Trinajstić information content (AvgIpc) is 2.53. The maximum atomic E-state index is 12.9. The lowest BCUT2D eigenvalue weighted by molar-refractivity contribution is -0.542. The predicted molar refractivity (Wildman–Crippen MR) is 81.3 cm³/mol. The number of esters is 2. The molecule has 30 heavy (non-hydrogen) atoms. The Bertz CT molecular complexity index is 830. The Labute approximate surface area is 164 Å². The van der Waals surface area contributed by atoms with Crippen LogP contribution >= 0.6 is 0 Å². The van der Waals surface area contributed by atoms with E-state index in [4.69, 9.17) is 0 Å². The standard InChI is InChI=1S/C11H13F6NO10S2/c1-3-27-7(19)9(18(21)22,8(20)28-4-2)5-6(29(23,24)10(12,13)14)30(25,26)11(15,16)17/h6H,3-5H2,1-2H3. The fourth-order valence-corrected chi connectivity index (χ4v) is 5.41. The van der Waals surface area contributed by atoms with Gasteiger partial charge in [-0.2, -0.15) is 26.3 Å². The second-order valence-corrected chi connectivity index (χ2v) is 9.72. The molecule has 19 heteroatoms. The third kappa shape index (κ3) is 4.93. The summed E-state index contributed by atoms with van der Waals surface area (Å²) < 4.78 is 127. The van der Waals surface area contributed by atoms with Crippen LogP contribution in [-0.4, -0.2) is 68.0 Å². The number of alkyl halides is 6. The van der Waals surface area contributed by atoms with Crippen molar-refractivity contribution < 1.29 is 67.2 Å². The van der Waals surface area contributed by atoms with Crippen LogP contribution in [0.3, 0.4) is 0 Å². The molecule has 176 valence electrons. The fourth-order valence-electron chi connectivity index (χ4n) is 1.90. The lowest BCUT2D eigenvalue weighted by atomic mass is 9.97. The summed E-state index contributed by atoms with van der Waals surface area (Å²) in [7, 11) is -14.7. The minimum absolute atomic E-state index is 0.809. The Morgan fingerprint density at radius 1 is 0.867 bits per heavy atom. The number of ether oxygens (including phenoxy) is 2. The van der Waals surface area contributed by atoms with Crippen molar-refractivity contribution in [1.29, 1.82) is 0 Å². The van der Waals surface area contributed by atoms with E-state index in [-0.39, 0.29) is 0 Å². The molecule has 0 heterocycles. The molecule has 0 saturated carbocycles. The van der Waals surface area contributed by atoms with Crippen LogP contribution in [0.15, 0.2) is 0 Å². The van der Waals surface area contributed by atoms with Crippen molar-refractivity contribution in [2.45, 2.75) is 41.4 Å². The summed E-state index contributed by atoms with van der Waals surface area (Å²) in [5.74, 6) is -4.85. The van der Waals surface area contributed by atoms with Crippen LogP contribution < -0.4 is 0 Å². The molecule has 0 amide bonds. The van der Waals surface area contributed by atoms with Gasteiger partial charge >= 0.3 is 28.5 Å². The maximum absolute atomic E-state index is 12.9. The quantitative estimate of drug-likeness (QED) is 0.146. The molecule has 0 aromatic carbocycles. The van der Waals surface area contributed by atoms with E-state index in [0.29, 0.717) is 0 Å². The van der Waals surface area contributed by atoms with E-state index in [1.807, 2.05) is 0 Å². The van der Waals surface area contributed by atoms with Crippen molar-refractivity contribution in [2.24, 2.45) is 0 Å². The first-order valence-corrected chi connectivity index (χ1v) is 10.4. The van der Waals surface area contributed by atoms with Crippen molar-refractivity contribution >= 4 is 31.6 Å². The number of hydrogen-bond acceptors (Lipinski definition) is 10. The summed E-state index contributed by atoms with van der Waals surface area (Å²) in [4.78, 5) is 33.3. The number of nitro groups is 1. The molecular weight excluding hydrogens is 484 g/mol. The number of rotatable bonds is 9. The molecular formula is C11H13F6NO10S2. The van der Waals surface area contributed by atoms with Gasteiger partial charge in [0.25, 0.3) is 19.7 Å². The topological polar surface area (TPSA) is 164 Å². The molecule has 0 bridgehead atoms. The minimum Gasteiger partial charge on any atom is -0.460 e. The van der Waals surface area contributed by atoms with Crippen molar-refractivity contribution in [3.8, 4) is 0 Å². The van der Waals surface area contributed by atoms with Gasteiger partial charge in [-0.1, -0.05) is 0 Å². The summed E-state index contributed by atoms with van der Waals surface area (Å²) in [5, 5.41) is 11.4. The van der Waals surface area contributed by atoms with Crippen LogP contribution in [0.5, 0.6) is 0 Å². The molecule has 0 N–H and O–H groups in total. The first kappa shape index (κ1) is 27.8.